The molecule has 0 aromatic heterocycles. The average Bonchev–Trinajstić information content (AvgIpc) is 2.52. The number of hydrogen-bond donors (Lipinski definition) is 1. The van der Waals surface area contributed by atoms with Crippen molar-refractivity contribution in [1.82, 2.24) is 4.90 Å². The van der Waals surface area contributed by atoms with E-state index in [2.05, 4.69) is 0 Å². The first-order valence-electron chi connectivity index (χ1n) is 6.32. The molecule has 0 saturated carbocycles. The summed E-state index contributed by atoms with van der Waals surface area (Å²) in [5, 5.41) is 8.96. The molecule has 0 aliphatic carbocycles. The molecule has 1 aliphatic rings. The van der Waals surface area contributed by atoms with E-state index < -0.39 is 5.97 Å². The third-order valence-corrected chi connectivity index (χ3v) is 3.46. The number of amides is 1. The van der Waals surface area contributed by atoms with Crippen molar-refractivity contribution in [1.29, 1.82) is 0 Å². The van der Waals surface area contributed by atoms with Crippen LogP contribution in [-0.2, 0) is 4.79 Å². The summed E-state index contributed by atoms with van der Waals surface area (Å²) in [6, 6.07) is 5.03. The minimum Gasteiger partial charge on any atom is -0.478 e. The first kappa shape index (κ1) is 13.4. The van der Waals surface area contributed by atoms with Crippen LogP contribution in [0.2, 0.25) is 0 Å². The highest BCUT2D eigenvalue weighted by Gasteiger charge is 2.20. The van der Waals surface area contributed by atoms with E-state index in [1.807, 2.05) is 18.9 Å². The number of aryl methyl sites for hydroxylation is 1. The Labute approximate surface area is 112 Å². The lowest BCUT2D eigenvalue weighted by molar-refractivity contribution is -0.127. The largest absolute Gasteiger partial charge is 0.478 e. The second-order valence-corrected chi connectivity index (χ2v) is 4.90. The maximum absolute atomic E-state index is 11.9. The molecule has 1 aromatic rings. The molecule has 0 spiro atoms. The number of likely N-dealkylation sites (N-methyl/N-ethyl adjacent to an activating group) is 1. The van der Waals surface area contributed by atoms with Gasteiger partial charge in [0.15, 0.2) is 0 Å². The monoisotopic (exact) mass is 262 g/mol. The summed E-state index contributed by atoms with van der Waals surface area (Å²) in [6.45, 7) is 3.80. The molecule has 1 fully saturated rings. The zero-order valence-corrected chi connectivity index (χ0v) is 11.2. The molecule has 1 amide bonds. The van der Waals surface area contributed by atoms with Gasteiger partial charge in [-0.25, -0.2) is 4.79 Å². The lowest BCUT2D eigenvalue weighted by Crippen LogP contribution is -2.34. The predicted molar refractivity (Wildman–Crippen MR) is 72.6 cm³/mol. The quantitative estimate of drug-likeness (QED) is 0.874. The molecule has 5 nitrogen and oxygen atoms in total. The van der Waals surface area contributed by atoms with Crippen LogP contribution in [0, 0.1) is 6.92 Å². The van der Waals surface area contributed by atoms with Crippen LogP contribution in [-0.4, -0.2) is 48.6 Å². The van der Waals surface area contributed by atoms with Crippen molar-refractivity contribution in [2.24, 2.45) is 0 Å². The van der Waals surface area contributed by atoms with E-state index in [1.165, 1.54) is 0 Å². The number of anilines is 1. The summed E-state index contributed by atoms with van der Waals surface area (Å²) in [6.07, 6.45) is 0.919. The highest BCUT2D eigenvalue weighted by molar-refractivity contribution is 5.89. The zero-order chi connectivity index (χ0) is 14.0. The fourth-order valence-electron chi connectivity index (χ4n) is 2.34. The summed E-state index contributed by atoms with van der Waals surface area (Å²) in [5.74, 6) is -0.833. The van der Waals surface area contributed by atoms with Crippen molar-refractivity contribution >= 4 is 17.6 Å². The minimum atomic E-state index is -0.929. The molecule has 19 heavy (non-hydrogen) atoms. The molecule has 1 aromatic carbocycles. The second kappa shape index (κ2) is 5.30. The van der Waals surface area contributed by atoms with Gasteiger partial charge in [0.05, 0.1) is 12.1 Å². The van der Waals surface area contributed by atoms with Gasteiger partial charge in [0.1, 0.15) is 0 Å². The van der Waals surface area contributed by atoms with E-state index in [-0.39, 0.29) is 11.5 Å². The maximum Gasteiger partial charge on any atom is 0.335 e. The van der Waals surface area contributed by atoms with Crippen molar-refractivity contribution in [2.45, 2.75) is 13.3 Å². The lowest BCUT2D eigenvalue weighted by Gasteiger charge is -2.24. The van der Waals surface area contributed by atoms with E-state index in [4.69, 9.17) is 5.11 Å². The molecule has 1 aliphatic heterocycles. The number of rotatable bonds is 2. The number of carboxylic acids is 1. The van der Waals surface area contributed by atoms with Crippen LogP contribution < -0.4 is 4.90 Å². The molecular weight excluding hydrogens is 244 g/mol. The van der Waals surface area contributed by atoms with Gasteiger partial charge in [-0.05, 0) is 37.1 Å². The third-order valence-electron chi connectivity index (χ3n) is 3.46. The van der Waals surface area contributed by atoms with Gasteiger partial charge in [0.2, 0.25) is 5.91 Å². The van der Waals surface area contributed by atoms with Crippen LogP contribution in [0.1, 0.15) is 22.3 Å². The number of nitrogens with zero attached hydrogens (tertiary/aromatic N) is 2. The van der Waals surface area contributed by atoms with Gasteiger partial charge in [-0.2, -0.15) is 0 Å². The van der Waals surface area contributed by atoms with E-state index in [9.17, 15) is 9.59 Å². The Kier molecular flexibility index (Phi) is 3.74. The Morgan fingerprint density at radius 1 is 1.32 bits per heavy atom. The molecule has 5 heteroatoms. The van der Waals surface area contributed by atoms with Crippen molar-refractivity contribution in [2.75, 3.05) is 31.6 Å². The number of carboxylic acid groups (broad SMARTS) is 1. The van der Waals surface area contributed by atoms with Crippen LogP contribution in [0.25, 0.3) is 0 Å². The van der Waals surface area contributed by atoms with Gasteiger partial charge in [0.25, 0.3) is 0 Å². The summed E-state index contributed by atoms with van der Waals surface area (Å²) in [5.41, 5.74) is 2.10. The summed E-state index contributed by atoms with van der Waals surface area (Å²) in [4.78, 5) is 26.5. The Morgan fingerprint density at radius 2 is 2.05 bits per heavy atom. The van der Waals surface area contributed by atoms with Gasteiger partial charge < -0.3 is 14.9 Å². The lowest BCUT2D eigenvalue weighted by atomic mass is 10.1. The molecule has 1 N–H and O–H groups in total. The topological polar surface area (TPSA) is 60.9 Å². The normalized spacial score (nSPS) is 16.4. The van der Waals surface area contributed by atoms with Crippen LogP contribution in [0.3, 0.4) is 0 Å². The number of carbonyl (C=O) groups excluding carboxylic acids is 1. The van der Waals surface area contributed by atoms with Crippen LogP contribution in [0.15, 0.2) is 18.2 Å². The number of hydrogen-bond acceptors (Lipinski definition) is 3. The number of carbonyl (C=O) groups is 2. The average molecular weight is 262 g/mol. The fourth-order valence-corrected chi connectivity index (χ4v) is 2.34. The van der Waals surface area contributed by atoms with Crippen LogP contribution in [0.5, 0.6) is 0 Å². The molecule has 1 saturated heterocycles. The standard InChI is InChI=1S/C14H18N2O3/c1-10-8-11(14(18)19)4-5-12(10)16-7-3-6-15(2)13(17)9-16/h4-5,8H,3,6-7,9H2,1-2H3,(H,18,19). The maximum atomic E-state index is 11.9. The SMILES string of the molecule is Cc1cc(C(=O)O)ccc1N1CCCN(C)C(=O)C1. The first-order valence-corrected chi connectivity index (χ1v) is 6.32. The van der Waals surface area contributed by atoms with E-state index in [0.29, 0.717) is 6.54 Å². The first-order chi connectivity index (χ1) is 8.99. The Balaban J connectivity index is 2.26. The smallest absolute Gasteiger partial charge is 0.335 e. The van der Waals surface area contributed by atoms with Gasteiger partial charge in [-0.1, -0.05) is 0 Å². The molecule has 0 bridgehead atoms. The van der Waals surface area contributed by atoms with Gasteiger partial charge in [-0.3, -0.25) is 4.79 Å². The molecule has 0 atom stereocenters. The molecule has 0 unspecified atom stereocenters. The van der Waals surface area contributed by atoms with Crippen molar-refractivity contribution in [3.63, 3.8) is 0 Å². The Morgan fingerprint density at radius 3 is 2.68 bits per heavy atom. The molecular formula is C14H18N2O3. The third kappa shape index (κ3) is 2.86. The molecule has 0 radical (unpaired) electrons. The van der Waals surface area contributed by atoms with Gasteiger partial charge in [0, 0.05) is 25.8 Å². The Bertz CT molecular complexity index is 513. The van der Waals surface area contributed by atoms with Crippen molar-refractivity contribution in [3.05, 3.63) is 29.3 Å². The molecule has 2 rings (SSSR count). The zero-order valence-electron chi connectivity index (χ0n) is 11.2. The highest BCUT2D eigenvalue weighted by Crippen LogP contribution is 2.22. The highest BCUT2D eigenvalue weighted by atomic mass is 16.4. The Hall–Kier alpha value is -2.04. The van der Waals surface area contributed by atoms with Crippen molar-refractivity contribution in [3.8, 4) is 0 Å². The summed E-state index contributed by atoms with van der Waals surface area (Å²) < 4.78 is 0. The van der Waals surface area contributed by atoms with Crippen LogP contribution in [0.4, 0.5) is 5.69 Å². The van der Waals surface area contributed by atoms with Crippen LogP contribution >= 0.6 is 0 Å². The van der Waals surface area contributed by atoms with E-state index in [0.717, 1.165) is 30.8 Å². The summed E-state index contributed by atoms with van der Waals surface area (Å²) >= 11 is 0. The molecule has 102 valence electrons. The molecule has 1 heterocycles. The fraction of sp³-hybridized carbons (Fsp3) is 0.429. The summed E-state index contributed by atoms with van der Waals surface area (Å²) in [7, 11) is 1.81. The van der Waals surface area contributed by atoms with E-state index >= 15 is 0 Å². The van der Waals surface area contributed by atoms with E-state index in [1.54, 1.807) is 23.1 Å². The minimum absolute atomic E-state index is 0.0965. The van der Waals surface area contributed by atoms with Gasteiger partial charge in [-0.15, -0.1) is 0 Å². The number of benzene rings is 1. The van der Waals surface area contributed by atoms with Gasteiger partial charge >= 0.3 is 5.97 Å². The number of aromatic carboxylic acids is 1. The van der Waals surface area contributed by atoms with Crippen molar-refractivity contribution < 1.29 is 14.7 Å². The predicted octanol–water partition coefficient (Wildman–Crippen LogP) is 1.36. The second-order valence-electron chi connectivity index (χ2n) is 4.90.